The maximum absolute atomic E-state index is 14.5. The fourth-order valence-corrected chi connectivity index (χ4v) is 4.98. The fourth-order valence-electron chi connectivity index (χ4n) is 4.98. The second kappa shape index (κ2) is 7.81. The van der Waals surface area contributed by atoms with E-state index in [1.54, 1.807) is 4.90 Å². The highest BCUT2D eigenvalue weighted by Gasteiger charge is 2.50. The molecule has 176 valence electrons. The molecule has 2 fully saturated rings. The molecule has 3 atom stereocenters. The monoisotopic (exact) mass is 458 g/mol. The molecule has 0 bridgehead atoms. The molecule has 2 aromatic rings. The van der Waals surface area contributed by atoms with Gasteiger partial charge in [0.25, 0.3) is 5.91 Å². The van der Waals surface area contributed by atoms with Crippen LogP contribution in [0.2, 0.25) is 0 Å². The highest BCUT2D eigenvalue weighted by molar-refractivity contribution is 5.94. The molecular formula is C24H28F2N4O3. The quantitative estimate of drug-likeness (QED) is 0.756. The summed E-state index contributed by atoms with van der Waals surface area (Å²) < 4.78 is 34.9. The third kappa shape index (κ3) is 4.20. The van der Waals surface area contributed by atoms with Crippen molar-refractivity contribution in [2.45, 2.75) is 64.0 Å². The number of ether oxygens (including phenoxy) is 1. The molecule has 0 radical (unpaired) electrons. The fraction of sp³-hybridized carbons (Fsp3) is 0.542. The molecule has 1 saturated heterocycles. The molecule has 3 aliphatic rings. The third-order valence-electron chi connectivity index (χ3n) is 6.52. The molecule has 5 rings (SSSR count). The summed E-state index contributed by atoms with van der Waals surface area (Å²) in [5.41, 5.74) is 1.55. The lowest BCUT2D eigenvalue weighted by Crippen LogP contribution is -2.50. The Labute approximate surface area is 191 Å². The SMILES string of the molecule is CC(C)(C)OC(=O)N1CCC[C@@H](NC(=O)c2nn(-c3ccc(F)cc3F)c3c2C[C@H]2C[C@@H]32)C1. The highest BCUT2D eigenvalue weighted by Crippen LogP contribution is 2.57. The standard InChI is InChI=1S/C24H28F2N4O3/c1-24(2,3)33-23(32)29-8-4-5-15(12-29)27-22(31)20-17-10-13-9-16(13)21(17)30(28-20)19-7-6-14(25)11-18(19)26/h6-7,11,13,15-16H,4-5,8-10,12H2,1-3H3,(H,27,31)/t13-,15-,16-/m1/s1. The average Bonchev–Trinajstić information content (AvgIpc) is 3.23. The number of halogens is 2. The summed E-state index contributed by atoms with van der Waals surface area (Å²) in [7, 11) is 0. The van der Waals surface area contributed by atoms with Gasteiger partial charge in [0.1, 0.15) is 17.1 Å². The minimum atomic E-state index is -0.711. The van der Waals surface area contributed by atoms with E-state index in [0.717, 1.165) is 43.0 Å². The molecule has 2 aliphatic carbocycles. The van der Waals surface area contributed by atoms with E-state index in [1.807, 2.05) is 20.8 Å². The van der Waals surface area contributed by atoms with E-state index in [9.17, 15) is 18.4 Å². The van der Waals surface area contributed by atoms with Crippen LogP contribution in [0.25, 0.3) is 5.69 Å². The predicted octanol–water partition coefficient (Wildman–Crippen LogP) is 3.94. The lowest BCUT2D eigenvalue weighted by Gasteiger charge is -2.34. The number of rotatable bonds is 3. The highest BCUT2D eigenvalue weighted by atomic mass is 19.1. The Kier molecular flexibility index (Phi) is 5.17. The normalized spacial score (nSPS) is 23.7. The number of carbonyl (C=O) groups is 2. The van der Waals surface area contributed by atoms with Crippen LogP contribution < -0.4 is 5.32 Å². The van der Waals surface area contributed by atoms with Gasteiger partial charge in [-0.1, -0.05) is 0 Å². The number of carbonyl (C=O) groups excluding carboxylic acids is 2. The van der Waals surface area contributed by atoms with Crippen LogP contribution in [-0.4, -0.2) is 51.4 Å². The Morgan fingerprint density at radius 3 is 2.76 bits per heavy atom. The van der Waals surface area contributed by atoms with Crippen molar-refractivity contribution in [3.63, 3.8) is 0 Å². The summed E-state index contributed by atoms with van der Waals surface area (Å²) >= 11 is 0. The maximum Gasteiger partial charge on any atom is 0.410 e. The van der Waals surface area contributed by atoms with Crippen molar-refractivity contribution in [2.75, 3.05) is 13.1 Å². The molecule has 7 nitrogen and oxygen atoms in total. The van der Waals surface area contributed by atoms with Crippen molar-refractivity contribution in [3.05, 3.63) is 46.8 Å². The molecule has 33 heavy (non-hydrogen) atoms. The molecule has 0 unspecified atom stereocenters. The second-order valence-corrected chi connectivity index (χ2v) is 10.3. The van der Waals surface area contributed by atoms with Crippen LogP contribution in [0.3, 0.4) is 0 Å². The number of likely N-dealkylation sites (tertiary alicyclic amines) is 1. The molecule has 1 N–H and O–H groups in total. The van der Waals surface area contributed by atoms with Gasteiger partial charge in [0.2, 0.25) is 0 Å². The largest absolute Gasteiger partial charge is 0.444 e. The minimum Gasteiger partial charge on any atom is -0.444 e. The number of aromatic nitrogens is 2. The molecular weight excluding hydrogens is 430 g/mol. The number of hydrogen-bond donors (Lipinski definition) is 1. The summed E-state index contributed by atoms with van der Waals surface area (Å²) in [6.07, 6.45) is 2.84. The molecule has 2 amide bonds. The topological polar surface area (TPSA) is 76.5 Å². The molecule has 0 spiro atoms. The van der Waals surface area contributed by atoms with Crippen molar-refractivity contribution < 1.29 is 23.1 Å². The Bertz CT molecular complexity index is 1120. The number of nitrogens with one attached hydrogen (secondary N) is 1. The van der Waals surface area contributed by atoms with Gasteiger partial charge in [0, 0.05) is 36.7 Å². The number of benzene rings is 1. The van der Waals surface area contributed by atoms with E-state index in [2.05, 4.69) is 10.4 Å². The molecule has 9 heteroatoms. The van der Waals surface area contributed by atoms with Gasteiger partial charge < -0.3 is 15.0 Å². The lowest BCUT2D eigenvalue weighted by atomic mass is 10.0. The van der Waals surface area contributed by atoms with Crippen LogP contribution in [0.15, 0.2) is 18.2 Å². The first-order valence-electron chi connectivity index (χ1n) is 11.5. The van der Waals surface area contributed by atoms with Gasteiger partial charge in [-0.3, -0.25) is 4.79 Å². The average molecular weight is 459 g/mol. The number of fused-ring (bicyclic) bond motifs is 3. The zero-order chi connectivity index (χ0) is 23.5. The molecule has 2 heterocycles. The van der Waals surface area contributed by atoms with Crippen LogP contribution in [0, 0.1) is 17.6 Å². The number of nitrogens with zero attached hydrogens (tertiary/aromatic N) is 3. The van der Waals surface area contributed by atoms with E-state index in [-0.39, 0.29) is 29.2 Å². The maximum atomic E-state index is 14.5. The van der Waals surface area contributed by atoms with Crippen molar-refractivity contribution in [1.82, 2.24) is 20.0 Å². The summed E-state index contributed by atoms with van der Waals surface area (Å²) in [5, 5.41) is 7.49. The first-order chi connectivity index (χ1) is 15.6. The van der Waals surface area contributed by atoms with Crippen LogP contribution in [0.4, 0.5) is 13.6 Å². The van der Waals surface area contributed by atoms with E-state index in [1.165, 1.54) is 16.8 Å². The van der Waals surface area contributed by atoms with Crippen LogP contribution >= 0.6 is 0 Å². The Morgan fingerprint density at radius 1 is 1.24 bits per heavy atom. The molecule has 1 aromatic heterocycles. The molecule has 1 aromatic carbocycles. The number of hydrogen-bond acceptors (Lipinski definition) is 4. The lowest BCUT2D eigenvalue weighted by molar-refractivity contribution is 0.0185. The van der Waals surface area contributed by atoms with E-state index >= 15 is 0 Å². The second-order valence-electron chi connectivity index (χ2n) is 10.3. The number of amides is 2. The van der Waals surface area contributed by atoms with Crippen LogP contribution in [0.5, 0.6) is 0 Å². The van der Waals surface area contributed by atoms with Gasteiger partial charge in [-0.05, 0) is 64.5 Å². The Balaban J connectivity index is 1.36. The van der Waals surface area contributed by atoms with Crippen molar-refractivity contribution in [2.24, 2.45) is 5.92 Å². The smallest absolute Gasteiger partial charge is 0.410 e. The van der Waals surface area contributed by atoms with E-state index in [4.69, 9.17) is 4.74 Å². The zero-order valence-electron chi connectivity index (χ0n) is 19.0. The van der Waals surface area contributed by atoms with Gasteiger partial charge in [-0.25, -0.2) is 18.3 Å². The van der Waals surface area contributed by atoms with E-state index < -0.39 is 23.3 Å². The van der Waals surface area contributed by atoms with E-state index in [0.29, 0.717) is 19.0 Å². The van der Waals surface area contributed by atoms with Crippen molar-refractivity contribution in [1.29, 1.82) is 0 Å². The molecule has 1 aliphatic heterocycles. The van der Waals surface area contributed by atoms with Crippen molar-refractivity contribution in [3.8, 4) is 5.69 Å². The Morgan fingerprint density at radius 2 is 2.03 bits per heavy atom. The summed E-state index contributed by atoms with van der Waals surface area (Å²) in [6.45, 7) is 6.40. The van der Waals surface area contributed by atoms with Gasteiger partial charge in [-0.2, -0.15) is 5.10 Å². The van der Waals surface area contributed by atoms with Crippen LogP contribution in [0.1, 0.15) is 67.7 Å². The Hall–Kier alpha value is -2.97. The van der Waals surface area contributed by atoms with Gasteiger partial charge in [-0.15, -0.1) is 0 Å². The van der Waals surface area contributed by atoms with Gasteiger partial charge in [0.15, 0.2) is 11.5 Å². The van der Waals surface area contributed by atoms with Crippen molar-refractivity contribution >= 4 is 12.0 Å². The summed E-state index contributed by atoms with van der Waals surface area (Å²) in [5.74, 6) is -0.983. The minimum absolute atomic E-state index is 0.146. The first-order valence-corrected chi connectivity index (χ1v) is 11.5. The first kappa shape index (κ1) is 21.9. The third-order valence-corrected chi connectivity index (χ3v) is 6.52. The molecule has 1 saturated carbocycles. The van der Waals surface area contributed by atoms with Gasteiger partial charge in [0.05, 0.1) is 5.69 Å². The predicted molar refractivity (Wildman–Crippen MR) is 116 cm³/mol. The summed E-state index contributed by atoms with van der Waals surface area (Å²) in [4.78, 5) is 27.3. The zero-order valence-corrected chi connectivity index (χ0v) is 19.0. The number of piperidine rings is 1. The van der Waals surface area contributed by atoms with Gasteiger partial charge >= 0.3 is 6.09 Å². The van der Waals surface area contributed by atoms with Crippen LogP contribution in [-0.2, 0) is 11.2 Å². The summed E-state index contributed by atoms with van der Waals surface area (Å²) in [6, 6.07) is 3.15.